The van der Waals surface area contributed by atoms with Gasteiger partial charge in [-0.2, -0.15) is 4.31 Å². The molecule has 0 aliphatic carbocycles. The molecule has 3 aromatic rings. The van der Waals surface area contributed by atoms with E-state index in [4.69, 9.17) is 21.1 Å². The molecule has 10 nitrogen and oxygen atoms in total. The van der Waals surface area contributed by atoms with Crippen molar-refractivity contribution in [3.63, 3.8) is 0 Å². The fraction of sp³-hybridized carbons (Fsp3) is 0.321. The number of nitrogens with zero attached hydrogens (tertiary/aromatic N) is 2. The molecule has 0 bridgehead atoms. The van der Waals surface area contributed by atoms with E-state index in [1.165, 1.54) is 65.3 Å². The zero-order chi connectivity index (χ0) is 29.4. The maximum atomic E-state index is 13.4. The number of amides is 1. The van der Waals surface area contributed by atoms with Gasteiger partial charge in [0.15, 0.2) is 11.5 Å². The SMILES string of the molecule is COc1ccc(S(=O)(=O)N2CCC[C@@H](C(=O)Nc3ccc4c(c3)N(S(=O)(=O)c3ccc(Cl)cc3)CC4)C2)cc1OC. The van der Waals surface area contributed by atoms with Gasteiger partial charge in [0.05, 0.1) is 35.6 Å². The fourth-order valence-electron chi connectivity index (χ4n) is 5.16. The molecule has 0 unspecified atom stereocenters. The van der Waals surface area contributed by atoms with Crippen LogP contribution in [-0.4, -0.2) is 60.9 Å². The van der Waals surface area contributed by atoms with Gasteiger partial charge in [0.1, 0.15) is 0 Å². The number of rotatable bonds is 8. The first-order valence-corrected chi connectivity index (χ1v) is 16.2. The molecule has 1 saturated heterocycles. The summed E-state index contributed by atoms with van der Waals surface area (Å²) in [5.74, 6) is -0.206. The number of ether oxygens (including phenoxy) is 2. The molecule has 1 amide bonds. The summed E-state index contributed by atoms with van der Waals surface area (Å²) < 4.78 is 66.6. The minimum Gasteiger partial charge on any atom is -0.493 e. The number of anilines is 2. The zero-order valence-electron chi connectivity index (χ0n) is 22.5. The molecular weight excluding hydrogens is 590 g/mol. The smallest absolute Gasteiger partial charge is 0.264 e. The maximum absolute atomic E-state index is 13.4. The Kier molecular flexibility index (Phi) is 8.20. The quantitative estimate of drug-likeness (QED) is 0.402. The van der Waals surface area contributed by atoms with E-state index in [-0.39, 0.29) is 35.3 Å². The number of hydrogen-bond donors (Lipinski definition) is 1. The Morgan fingerprint density at radius 2 is 1.59 bits per heavy atom. The van der Waals surface area contributed by atoms with Gasteiger partial charge in [-0.15, -0.1) is 0 Å². The molecule has 13 heteroatoms. The van der Waals surface area contributed by atoms with Crippen molar-refractivity contribution in [2.45, 2.75) is 29.1 Å². The Labute approximate surface area is 244 Å². The molecule has 1 N–H and O–H groups in total. The molecule has 218 valence electrons. The van der Waals surface area contributed by atoms with Gasteiger partial charge in [-0.3, -0.25) is 9.10 Å². The highest BCUT2D eigenvalue weighted by atomic mass is 35.5. The van der Waals surface area contributed by atoms with Gasteiger partial charge >= 0.3 is 0 Å². The monoisotopic (exact) mass is 619 g/mol. The number of sulfonamides is 2. The average Bonchev–Trinajstić information content (AvgIpc) is 3.41. The Balaban J connectivity index is 1.32. The van der Waals surface area contributed by atoms with Crippen LogP contribution in [0.5, 0.6) is 11.5 Å². The van der Waals surface area contributed by atoms with Crippen molar-refractivity contribution in [2.75, 3.05) is 43.5 Å². The first-order valence-electron chi connectivity index (χ1n) is 13.0. The summed E-state index contributed by atoms with van der Waals surface area (Å²) in [6, 6.07) is 15.6. The van der Waals surface area contributed by atoms with Crippen molar-refractivity contribution in [1.82, 2.24) is 4.31 Å². The van der Waals surface area contributed by atoms with Crippen LogP contribution in [0.2, 0.25) is 5.02 Å². The van der Waals surface area contributed by atoms with E-state index in [2.05, 4.69) is 5.32 Å². The summed E-state index contributed by atoms with van der Waals surface area (Å²) in [5, 5.41) is 3.31. The normalized spacial score (nSPS) is 17.6. The van der Waals surface area contributed by atoms with E-state index in [9.17, 15) is 21.6 Å². The number of halogens is 1. The minimum absolute atomic E-state index is 0.0184. The summed E-state index contributed by atoms with van der Waals surface area (Å²) in [5.41, 5.74) is 1.79. The van der Waals surface area contributed by atoms with Crippen molar-refractivity contribution in [3.8, 4) is 11.5 Å². The number of methoxy groups -OCH3 is 2. The lowest BCUT2D eigenvalue weighted by Gasteiger charge is -2.31. The largest absolute Gasteiger partial charge is 0.493 e. The topological polar surface area (TPSA) is 122 Å². The van der Waals surface area contributed by atoms with Gasteiger partial charge in [0.2, 0.25) is 15.9 Å². The summed E-state index contributed by atoms with van der Waals surface area (Å²) in [4.78, 5) is 13.5. The second-order valence-electron chi connectivity index (χ2n) is 9.83. The van der Waals surface area contributed by atoms with Gasteiger partial charge in [-0.05, 0) is 73.4 Å². The van der Waals surface area contributed by atoms with Crippen LogP contribution in [0, 0.1) is 5.92 Å². The van der Waals surface area contributed by atoms with Crippen LogP contribution in [0.1, 0.15) is 18.4 Å². The summed E-state index contributed by atoms with van der Waals surface area (Å²) in [6.45, 7) is 0.588. The number of carbonyl (C=O) groups is 1. The van der Waals surface area contributed by atoms with Crippen molar-refractivity contribution in [2.24, 2.45) is 5.92 Å². The van der Waals surface area contributed by atoms with Gasteiger partial charge in [0, 0.05) is 36.4 Å². The lowest BCUT2D eigenvalue weighted by Crippen LogP contribution is -2.43. The zero-order valence-corrected chi connectivity index (χ0v) is 24.9. The highest BCUT2D eigenvalue weighted by Gasteiger charge is 2.35. The number of nitrogens with one attached hydrogen (secondary N) is 1. The first kappa shape index (κ1) is 29.2. The van der Waals surface area contributed by atoms with Crippen LogP contribution in [0.3, 0.4) is 0 Å². The Morgan fingerprint density at radius 3 is 2.29 bits per heavy atom. The standard InChI is InChI=1S/C28H30ClN3O7S2/c1-38-26-12-11-24(17-27(26)39-2)40(34,35)31-14-3-4-20(18-31)28(33)30-22-8-5-19-13-15-32(25(19)16-22)41(36,37)23-9-6-21(29)7-10-23/h5-12,16-17,20H,3-4,13-15,18H2,1-2H3,(H,30,33)/t20-/m1/s1. The van der Waals surface area contributed by atoms with Gasteiger partial charge in [-0.25, -0.2) is 16.8 Å². The number of piperidine rings is 1. The van der Waals surface area contributed by atoms with Crippen molar-refractivity contribution >= 4 is 48.9 Å². The maximum Gasteiger partial charge on any atom is 0.264 e. The van der Waals surface area contributed by atoms with Crippen LogP contribution in [0.25, 0.3) is 0 Å². The van der Waals surface area contributed by atoms with E-state index in [1.807, 2.05) is 0 Å². The lowest BCUT2D eigenvalue weighted by atomic mass is 9.98. The highest BCUT2D eigenvalue weighted by Crippen LogP contribution is 2.36. The molecule has 41 heavy (non-hydrogen) atoms. The molecule has 1 fully saturated rings. The molecule has 0 spiro atoms. The number of hydrogen-bond acceptors (Lipinski definition) is 7. The summed E-state index contributed by atoms with van der Waals surface area (Å²) in [7, 11) is -4.81. The lowest BCUT2D eigenvalue weighted by molar-refractivity contribution is -0.120. The third-order valence-electron chi connectivity index (χ3n) is 7.36. The fourth-order valence-corrected chi connectivity index (χ4v) is 8.32. The van der Waals surface area contributed by atoms with Crippen molar-refractivity contribution < 1.29 is 31.1 Å². The highest BCUT2D eigenvalue weighted by molar-refractivity contribution is 7.92. The molecule has 2 aliphatic rings. The predicted octanol–water partition coefficient (Wildman–Crippen LogP) is 4.15. The summed E-state index contributed by atoms with van der Waals surface area (Å²) >= 11 is 5.93. The van der Waals surface area contributed by atoms with E-state index in [1.54, 1.807) is 18.2 Å². The van der Waals surface area contributed by atoms with Gasteiger partial charge in [-0.1, -0.05) is 17.7 Å². The first-order chi connectivity index (χ1) is 19.5. The molecular formula is C28H30ClN3O7S2. The minimum atomic E-state index is -3.88. The van der Waals surface area contributed by atoms with Crippen LogP contribution in [0.15, 0.2) is 70.5 Å². The molecule has 2 aliphatic heterocycles. The molecule has 0 radical (unpaired) electrons. The number of benzene rings is 3. The van der Waals surface area contributed by atoms with Crippen LogP contribution in [0.4, 0.5) is 11.4 Å². The second-order valence-corrected chi connectivity index (χ2v) is 14.1. The number of carbonyl (C=O) groups excluding carboxylic acids is 1. The molecule has 2 heterocycles. The third-order valence-corrected chi connectivity index (χ3v) is 11.3. The Bertz CT molecular complexity index is 1680. The van der Waals surface area contributed by atoms with Crippen LogP contribution in [-0.2, 0) is 31.3 Å². The number of fused-ring (bicyclic) bond motifs is 1. The molecule has 0 saturated carbocycles. The second kappa shape index (κ2) is 11.5. The van der Waals surface area contributed by atoms with Gasteiger partial charge < -0.3 is 14.8 Å². The van der Waals surface area contributed by atoms with Crippen LogP contribution < -0.4 is 19.1 Å². The molecule has 3 aromatic carbocycles. The third kappa shape index (κ3) is 5.74. The van der Waals surface area contributed by atoms with Gasteiger partial charge in [0.25, 0.3) is 10.0 Å². The van der Waals surface area contributed by atoms with E-state index < -0.39 is 26.0 Å². The van der Waals surface area contributed by atoms with Crippen molar-refractivity contribution in [1.29, 1.82) is 0 Å². The van der Waals surface area contributed by atoms with Crippen LogP contribution >= 0.6 is 11.6 Å². The van der Waals surface area contributed by atoms with E-state index in [0.29, 0.717) is 47.2 Å². The van der Waals surface area contributed by atoms with E-state index >= 15 is 0 Å². The average molecular weight is 620 g/mol. The molecule has 1 atom stereocenters. The Hall–Kier alpha value is -3.32. The van der Waals surface area contributed by atoms with Crippen molar-refractivity contribution in [3.05, 3.63) is 71.2 Å². The summed E-state index contributed by atoms with van der Waals surface area (Å²) in [6.07, 6.45) is 1.58. The van der Waals surface area contributed by atoms with E-state index in [0.717, 1.165) is 5.56 Å². The molecule has 0 aromatic heterocycles. The predicted molar refractivity (Wildman–Crippen MR) is 156 cm³/mol. The Morgan fingerprint density at radius 1 is 0.878 bits per heavy atom. The molecule has 5 rings (SSSR count).